The van der Waals surface area contributed by atoms with E-state index in [1.807, 2.05) is 0 Å². The van der Waals surface area contributed by atoms with E-state index in [0.29, 0.717) is 0 Å². The van der Waals surface area contributed by atoms with Gasteiger partial charge >= 0.3 is 0 Å². The second-order valence-corrected chi connectivity index (χ2v) is 4.37. The number of pyridine rings is 1. The van der Waals surface area contributed by atoms with Crippen molar-refractivity contribution < 1.29 is 22.1 Å². The first kappa shape index (κ1) is 13.2. The lowest BCUT2D eigenvalue weighted by Crippen LogP contribution is -2.26. The maximum Gasteiger partial charge on any atom is 0.297 e. The van der Waals surface area contributed by atoms with Crippen LogP contribution in [0.5, 0.6) is 0 Å². The third-order valence-corrected chi connectivity index (χ3v) is 2.67. The number of nitrogens with zero attached hydrogens (tertiary/aromatic N) is 1. The van der Waals surface area contributed by atoms with Crippen LogP contribution in [0.2, 0.25) is 0 Å². The van der Waals surface area contributed by atoms with Crippen LogP contribution >= 0.6 is 0 Å². The Morgan fingerprint density at radius 1 is 1.47 bits per heavy atom. The van der Waals surface area contributed by atoms with Gasteiger partial charge in [-0.1, -0.05) is 0 Å². The van der Waals surface area contributed by atoms with Gasteiger partial charge in [-0.15, -0.1) is 0 Å². The van der Waals surface area contributed by atoms with E-state index in [1.165, 1.54) is 4.98 Å². The van der Waals surface area contributed by atoms with E-state index in [0.717, 1.165) is 0 Å². The van der Waals surface area contributed by atoms with Gasteiger partial charge in [-0.05, 0) is 0 Å². The molecule has 0 radical (unpaired) electrons. The fourth-order valence-electron chi connectivity index (χ4n) is 1.08. The predicted molar refractivity (Wildman–Crippen MR) is 50.0 cm³/mol. The van der Waals surface area contributed by atoms with Crippen LogP contribution in [0.25, 0.3) is 0 Å². The lowest BCUT2D eigenvalue weighted by Gasteiger charge is -2.03. The van der Waals surface area contributed by atoms with Crippen molar-refractivity contribution in [3.63, 3.8) is 0 Å². The number of rotatable bonds is 3. The summed E-state index contributed by atoms with van der Waals surface area (Å²) in [5.74, 6) is 0. The molecule has 8 nitrogen and oxygen atoms in total. The number of hydrogen-bond donors (Lipinski definition) is 2. The smallest absolute Gasteiger partial charge is 0.297 e. The normalized spacial score (nSPS) is 11.8. The van der Waals surface area contributed by atoms with Gasteiger partial charge in [-0.3, -0.25) is 14.9 Å². The zero-order chi connectivity index (χ0) is 13.4. The molecule has 0 bridgehead atoms. The van der Waals surface area contributed by atoms with Gasteiger partial charge in [0.1, 0.15) is 0 Å². The first-order valence-electron chi connectivity index (χ1n) is 3.87. The molecule has 1 rings (SSSR count). The van der Waals surface area contributed by atoms with Crippen molar-refractivity contribution in [1.29, 1.82) is 0 Å². The molecule has 0 amide bonds. The Kier molecular flexibility index (Phi) is 3.24. The zero-order valence-electron chi connectivity index (χ0n) is 7.88. The van der Waals surface area contributed by atoms with Gasteiger partial charge in [0.25, 0.3) is 17.7 Å². The Hall–Kier alpha value is -1.88. The third kappa shape index (κ3) is 2.62. The van der Waals surface area contributed by atoms with Crippen molar-refractivity contribution in [1.82, 2.24) is 4.98 Å². The van der Waals surface area contributed by atoms with E-state index in [4.69, 9.17) is 0 Å². The van der Waals surface area contributed by atoms with Gasteiger partial charge in [-0.25, -0.2) is 22.3 Å². The summed E-state index contributed by atoms with van der Waals surface area (Å²) >= 11 is 0. The van der Waals surface area contributed by atoms with Crippen molar-refractivity contribution in [2.75, 3.05) is 0 Å². The van der Waals surface area contributed by atoms with Crippen LogP contribution in [0.3, 0.4) is 0 Å². The molecule has 0 aromatic carbocycles. The fraction of sp³-hybridized carbons (Fsp3) is 0.167. The number of sulfonamides is 1. The Balaban J connectivity index is 3.74. The highest BCUT2D eigenvalue weighted by Crippen LogP contribution is 2.23. The predicted octanol–water partition coefficient (Wildman–Crippen LogP) is -0.132. The van der Waals surface area contributed by atoms with Crippen molar-refractivity contribution in [2.45, 2.75) is 11.3 Å². The monoisotopic (exact) mass is 269 g/mol. The molecule has 0 saturated carbocycles. The van der Waals surface area contributed by atoms with Gasteiger partial charge in [0.2, 0.25) is 14.9 Å². The Morgan fingerprint density at radius 3 is 2.35 bits per heavy atom. The zero-order valence-corrected chi connectivity index (χ0v) is 8.70. The van der Waals surface area contributed by atoms with Crippen LogP contribution in [0.4, 0.5) is 14.5 Å². The number of primary sulfonamides is 1. The van der Waals surface area contributed by atoms with Gasteiger partial charge in [-0.2, -0.15) is 0 Å². The quantitative estimate of drug-likeness (QED) is 0.581. The molecule has 0 aliphatic carbocycles. The van der Waals surface area contributed by atoms with Gasteiger partial charge in [0.15, 0.2) is 0 Å². The van der Waals surface area contributed by atoms with E-state index < -0.39 is 43.2 Å². The van der Waals surface area contributed by atoms with Crippen LogP contribution < -0.4 is 10.7 Å². The molecule has 3 N–H and O–H groups in total. The summed E-state index contributed by atoms with van der Waals surface area (Å²) in [4.78, 5) is 20.5. The summed E-state index contributed by atoms with van der Waals surface area (Å²) in [6.07, 6.45) is -3.18. The molecule has 0 saturated heterocycles. The molecule has 1 aromatic heterocycles. The lowest BCUT2D eigenvalue weighted by molar-refractivity contribution is -0.388. The molecule has 0 aliphatic heterocycles. The van der Waals surface area contributed by atoms with E-state index in [2.05, 4.69) is 5.14 Å². The highest BCUT2D eigenvalue weighted by atomic mass is 32.2. The highest BCUT2D eigenvalue weighted by Gasteiger charge is 2.29. The molecule has 11 heteroatoms. The fourth-order valence-corrected chi connectivity index (χ4v) is 1.82. The van der Waals surface area contributed by atoms with Crippen LogP contribution in [0.1, 0.15) is 12.1 Å². The standard InChI is InChI=1S/C6H5F2N3O5S/c7-5(8)2-1-3(11(13)14)4(6(12)10-2)17(9,15)16/h1,5H,(H,10,12)(H2,9,15,16). The maximum absolute atomic E-state index is 12.2. The lowest BCUT2D eigenvalue weighted by atomic mass is 10.3. The first-order chi connectivity index (χ1) is 7.64. The second kappa shape index (κ2) is 4.18. The minimum atomic E-state index is -4.68. The second-order valence-electron chi connectivity index (χ2n) is 2.87. The summed E-state index contributed by atoms with van der Waals surface area (Å²) < 4.78 is 46.3. The number of aromatic nitrogens is 1. The van der Waals surface area contributed by atoms with Crippen molar-refractivity contribution in [3.05, 3.63) is 32.2 Å². The molecular weight excluding hydrogens is 264 g/mol. The Labute approximate surface area is 92.3 Å². The van der Waals surface area contributed by atoms with Crippen LogP contribution in [-0.2, 0) is 10.0 Å². The number of aromatic amines is 1. The van der Waals surface area contributed by atoms with E-state index >= 15 is 0 Å². The first-order valence-corrected chi connectivity index (χ1v) is 5.41. The number of hydrogen-bond acceptors (Lipinski definition) is 5. The summed E-state index contributed by atoms with van der Waals surface area (Å²) in [6.45, 7) is 0. The van der Waals surface area contributed by atoms with E-state index in [9.17, 15) is 32.1 Å². The van der Waals surface area contributed by atoms with Crippen LogP contribution in [0.15, 0.2) is 15.8 Å². The molecule has 1 aromatic rings. The number of nitro groups is 1. The third-order valence-electron chi connectivity index (χ3n) is 1.71. The largest absolute Gasteiger partial charge is 0.319 e. The summed E-state index contributed by atoms with van der Waals surface area (Å²) in [6, 6.07) is 0.256. The average Bonchev–Trinajstić information content (AvgIpc) is 2.13. The van der Waals surface area contributed by atoms with Crippen LogP contribution in [-0.4, -0.2) is 18.3 Å². The Bertz CT molecular complexity index is 623. The minimum Gasteiger partial charge on any atom is -0.319 e. The molecule has 0 fully saturated rings. The number of nitrogens with two attached hydrogens (primary N) is 1. The van der Waals surface area contributed by atoms with Gasteiger partial charge < -0.3 is 4.98 Å². The molecule has 0 spiro atoms. The molecular formula is C6H5F2N3O5S. The topological polar surface area (TPSA) is 136 Å². The van der Waals surface area contributed by atoms with Crippen molar-refractivity contribution in [2.24, 2.45) is 5.14 Å². The Morgan fingerprint density at radius 2 is 2.00 bits per heavy atom. The number of nitrogens with one attached hydrogen (secondary N) is 1. The highest BCUT2D eigenvalue weighted by molar-refractivity contribution is 7.89. The number of H-pyrrole nitrogens is 1. The van der Waals surface area contributed by atoms with Crippen LogP contribution in [0, 0.1) is 10.1 Å². The van der Waals surface area contributed by atoms with Crippen molar-refractivity contribution >= 4 is 15.7 Å². The molecule has 17 heavy (non-hydrogen) atoms. The van der Waals surface area contributed by atoms with Crippen molar-refractivity contribution in [3.8, 4) is 0 Å². The van der Waals surface area contributed by atoms with Gasteiger partial charge in [0.05, 0.1) is 10.6 Å². The summed E-state index contributed by atoms with van der Waals surface area (Å²) in [5, 5.41) is 15.1. The van der Waals surface area contributed by atoms with E-state index in [1.54, 1.807) is 0 Å². The van der Waals surface area contributed by atoms with Gasteiger partial charge in [0, 0.05) is 6.07 Å². The molecule has 0 aliphatic rings. The number of halogens is 2. The molecule has 0 atom stereocenters. The molecule has 1 heterocycles. The summed E-state index contributed by atoms with van der Waals surface area (Å²) in [7, 11) is -4.68. The summed E-state index contributed by atoms with van der Waals surface area (Å²) in [5.41, 5.74) is -3.90. The SMILES string of the molecule is NS(=O)(=O)c1c([N+](=O)[O-])cc(C(F)F)[nH]c1=O. The average molecular weight is 269 g/mol. The van der Waals surface area contributed by atoms with E-state index in [-0.39, 0.29) is 6.07 Å². The molecule has 94 valence electrons. The minimum absolute atomic E-state index is 0.256. The number of alkyl halides is 2. The maximum atomic E-state index is 12.2. The molecule has 0 unspecified atom stereocenters.